The summed E-state index contributed by atoms with van der Waals surface area (Å²) in [5.74, 6) is 1.42. The molecule has 0 aliphatic heterocycles. The average molecular weight is 424 g/mol. The van der Waals surface area contributed by atoms with E-state index in [4.69, 9.17) is 0 Å². The molecule has 0 unspecified atom stereocenters. The Hall–Kier alpha value is -3.00. The number of carbonyl (C=O) groups is 2. The first-order chi connectivity index (χ1) is 14.6. The van der Waals surface area contributed by atoms with Crippen LogP contribution in [0.4, 0.5) is 5.69 Å². The van der Waals surface area contributed by atoms with Crippen LogP contribution in [0.5, 0.6) is 0 Å². The maximum absolute atomic E-state index is 12.3. The Morgan fingerprint density at radius 3 is 2.60 bits per heavy atom. The van der Waals surface area contributed by atoms with E-state index in [-0.39, 0.29) is 11.7 Å². The maximum atomic E-state index is 12.3. The lowest BCUT2D eigenvalue weighted by Gasteiger charge is -2.10. The average Bonchev–Trinajstić information content (AvgIpc) is 3.15. The van der Waals surface area contributed by atoms with Crippen molar-refractivity contribution in [3.05, 3.63) is 54.4 Å². The number of aromatic nitrogens is 4. The molecule has 3 rings (SSSR count). The molecule has 8 heteroatoms. The quantitative estimate of drug-likeness (QED) is 0.294. The summed E-state index contributed by atoms with van der Waals surface area (Å²) in [7, 11) is 0. The summed E-state index contributed by atoms with van der Waals surface area (Å²) in [5.41, 5.74) is 2.07. The van der Waals surface area contributed by atoms with Gasteiger partial charge in [-0.3, -0.25) is 14.6 Å². The second-order valence-corrected chi connectivity index (χ2v) is 7.86. The van der Waals surface area contributed by atoms with Crippen LogP contribution >= 0.6 is 11.8 Å². The number of amides is 1. The van der Waals surface area contributed by atoms with Gasteiger partial charge < -0.3 is 9.88 Å². The normalized spacial score (nSPS) is 10.7. The molecule has 7 nitrogen and oxygen atoms in total. The first-order valence-corrected chi connectivity index (χ1v) is 10.9. The van der Waals surface area contributed by atoms with Gasteiger partial charge in [0.1, 0.15) is 0 Å². The number of hydrogen-bond acceptors (Lipinski definition) is 6. The molecule has 0 aliphatic carbocycles. The number of pyridine rings is 1. The van der Waals surface area contributed by atoms with Crippen molar-refractivity contribution in [2.24, 2.45) is 0 Å². The fourth-order valence-corrected chi connectivity index (χ4v) is 3.95. The number of para-hydroxylation sites is 1. The van der Waals surface area contributed by atoms with Gasteiger partial charge in [-0.25, -0.2) is 0 Å². The lowest BCUT2D eigenvalue weighted by molar-refractivity contribution is -0.116. The van der Waals surface area contributed by atoms with Gasteiger partial charge in [0.15, 0.2) is 16.8 Å². The van der Waals surface area contributed by atoms with Gasteiger partial charge in [-0.15, -0.1) is 10.2 Å². The fourth-order valence-electron chi connectivity index (χ4n) is 3.04. The number of nitrogens with one attached hydrogen (secondary N) is 1. The first kappa shape index (κ1) is 21.7. The molecule has 2 aromatic heterocycles. The molecule has 2 heterocycles. The predicted molar refractivity (Wildman–Crippen MR) is 119 cm³/mol. The van der Waals surface area contributed by atoms with Crippen molar-refractivity contribution in [1.82, 2.24) is 19.7 Å². The van der Waals surface area contributed by atoms with E-state index in [1.165, 1.54) is 6.92 Å². The van der Waals surface area contributed by atoms with E-state index >= 15 is 0 Å². The molecule has 0 spiro atoms. The predicted octanol–water partition coefficient (Wildman–Crippen LogP) is 4.46. The molecule has 1 aromatic carbocycles. The number of Topliss-reactive ketones (excluding diaryl/α,β-unsaturated/α-hetero) is 1. The molecule has 0 saturated heterocycles. The largest absolute Gasteiger partial charge is 0.325 e. The third-order valence-electron chi connectivity index (χ3n) is 4.46. The van der Waals surface area contributed by atoms with E-state index in [1.807, 2.05) is 12.1 Å². The van der Waals surface area contributed by atoms with Gasteiger partial charge in [-0.05, 0) is 44.0 Å². The standard InChI is InChI=1S/C22H25N5O2S/c1-3-14-27-21(17-10-12-23-13-11-17)25-26-22(27)30-15-6-9-20(29)24-19-8-5-4-7-18(19)16(2)28/h4-5,7-8,10-13H,3,6,9,14-15H2,1-2H3,(H,24,29). The number of benzene rings is 1. The highest BCUT2D eigenvalue weighted by Gasteiger charge is 2.14. The number of hydrogen-bond donors (Lipinski definition) is 1. The summed E-state index contributed by atoms with van der Waals surface area (Å²) in [6.07, 6.45) is 5.54. The van der Waals surface area contributed by atoms with Crippen LogP contribution in [0.15, 0.2) is 53.9 Å². The number of thioether (sulfide) groups is 1. The summed E-state index contributed by atoms with van der Waals surface area (Å²) in [5, 5.41) is 12.4. The zero-order valence-corrected chi connectivity index (χ0v) is 18.0. The van der Waals surface area contributed by atoms with Gasteiger partial charge in [-0.1, -0.05) is 30.8 Å². The van der Waals surface area contributed by atoms with Gasteiger partial charge in [0.25, 0.3) is 0 Å². The van der Waals surface area contributed by atoms with Crippen molar-refractivity contribution in [2.45, 2.75) is 44.8 Å². The molecular formula is C22H25N5O2S. The van der Waals surface area contributed by atoms with E-state index in [2.05, 4.69) is 32.0 Å². The minimum absolute atomic E-state index is 0.0679. The molecule has 1 amide bonds. The summed E-state index contributed by atoms with van der Waals surface area (Å²) in [4.78, 5) is 28.0. The van der Waals surface area contributed by atoms with Crippen LogP contribution in [0.25, 0.3) is 11.4 Å². The van der Waals surface area contributed by atoms with Crippen molar-refractivity contribution in [3.8, 4) is 11.4 Å². The van der Waals surface area contributed by atoms with Crippen LogP contribution in [0.3, 0.4) is 0 Å². The Balaban J connectivity index is 1.55. The molecule has 156 valence electrons. The van der Waals surface area contributed by atoms with Crippen molar-refractivity contribution < 1.29 is 9.59 Å². The number of anilines is 1. The van der Waals surface area contributed by atoms with E-state index in [1.54, 1.807) is 48.4 Å². The van der Waals surface area contributed by atoms with Crippen molar-refractivity contribution in [2.75, 3.05) is 11.1 Å². The Labute approximate surface area is 180 Å². The van der Waals surface area contributed by atoms with Gasteiger partial charge in [-0.2, -0.15) is 0 Å². The first-order valence-electron chi connectivity index (χ1n) is 9.96. The SMILES string of the molecule is CCCn1c(SCCCC(=O)Nc2ccccc2C(C)=O)nnc1-c1ccncc1. The van der Waals surface area contributed by atoms with Crippen molar-refractivity contribution in [1.29, 1.82) is 0 Å². The summed E-state index contributed by atoms with van der Waals surface area (Å²) >= 11 is 1.60. The molecule has 1 N–H and O–H groups in total. The highest BCUT2D eigenvalue weighted by Crippen LogP contribution is 2.25. The minimum Gasteiger partial charge on any atom is -0.325 e. The van der Waals surface area contributed by atoms with E-state index in [0.29, 0.717) is 24.1 Å². The van der Waals surface area contributed by atoms with Crippen LogP contribution in [-0.4, -0.2) is 37.2 Å². The topological polar surface area (TPSA) is 89.8 Å². The highest BCUT2D eigenvalue weighted by molar-refractivity contribution is 7.99. The van der Waals surface area contributed by atoms with Gasteiger partial charge >= 0.3 is 0 Å². The van der Waals surface area contributed by atoms with E-state index in [0.717, 1.165) is 35.3 Å². The van der Waals surface area contributed by atoms with E-state index in [9.17, 15) is 9.59 Å². The molecule has 0 saturated carbocycles. The smallest absolute Gasteiger partial charge is 0.224 e. The molecular weight excluding hydrogens is 398 g/mol. The lowest BCUT2D eigenvalue weighted by Crippen LogP contribution is -2.14. The van der Waals surface area contributed by atoms with Gasteiger partial charge in [0, 0.05) is 42.2 Å². The summed E-state index contributed by atoms with van der Waals surface area (Å²) in [6, 6.07) is 10.9. The van der Waals surface area contributed by atoms with Gasteiger partial charge in [0.05, 0.1) is 5.69 Å². The van der Waals surface area contributed by atoms with Crippen molar-refractivity contribution in [3.63, 3.8) is 0 Å². The zero-order chi connectivity index (χ0) is 21.3. The van der Waals surface area contributed by atoms with Crippen LogP contribution in [0, 0.1) is 0 Å². The van der Waals surface area contributed by atoms with Crippen LogP contribution in [-0.2, 0) is 11.3 Å². The third-order valence-corrected chi connectivity index (χ3v) is 5.52. The second kappa shape index (κ2) is 10.7. The maximum Gasteiger partial charge on any atom is 0.224 e. The molecule has 0 radical (unpaired) electrons. The van der Waals surface area contributed by atoms with Crippen molar-refractivity contribution >= 4 is 29.1 Å². The lowest BCUT2D eigenvalue weighted by atomic mass is 10.1. The molecule has 0 aliphatic rings. The molecule has 0 atom stereocenters. The third kappa shape index (κ3) is 5.54. The van der Waals surface area contributed by atoms with E-state index < -0.39 is 0 Å². The number of rotatable bonds is 10. The van der Waals surface area contributed by atoms with Crippen LogP contribution in [0.2, 0.25) is 0 Å². The summed E-state index contributed by atoms with van der Waals surface area (Å²) < 4.78 is 2.11. The highest BCUT2D eigenvalue weighted by atomic mass is 32.2. The second-order valence-electron chi connectivity index (χ2n) is 6.80. The molecule has 0 fully saturated rings. The van der Waals surface area contributed by atoms with Crippen LogP contribution in [0.1, 0.15) is 43.5 Å². The minimum atomic E-state index is -0.100. The number of carbonyl (C=O) groups excluding carboxylic acids is 2. The Morgan fingerprint density at radius 2 is 1.87 bits per heavy atom. The Kier molecular flexibility index (Phi) is 7.73. The Morgan fingerprint density at radius 1 is 1.10 bits per heavy atom. The summed E-state index contributed by atoms with van der Waals surface area (Å²) in [6.45, 7) is 4.44. The number of ketones is 1. The number of nitrogens with zero attached hydrogens (tertiary/aromatic N) is 4. The molecule has 30 heavy (non-hydrogen) atoms. The molecule has 3 aromatic rings. The Bertz CT molecular complexity index is 1000. The van der Waals surface area contributed by atoms with Crippen LogP contribution < -0.4 is 5.32 Å². The molecule has 0 bridgehead atoms. The monoisotopic (exact) mass is 423 g/mol. The zero-order valence-electron chi connectivity index (χ0n) is 17.2. The van der Waals surface area contributed by atoms with Gasteiger partial charge in [0.2, 0.25) is 5.91 Å². The fraction of sp³-hybridized carbons (Fsp3) is 0.318.